The second-order valence-corrected chi connectivity index (χ2v) is 13.7. The second kappa shape index (κ2) is 16.8. The van der Waals surface area contributed by atoms with Crippen LogP contribution in [0.1, 0.15) is 52.4 Å². The normalized spacial score (nSPS) is 18.1. The van der Waals surface area contributed by atoms with Gasteiger partial charge in [-0.05, 0) is 54.0 Å². The van der Waals surface area contributed by atoms with Crippen molar-refractivity contribution >= 4 is 35.8 Å². The van der Waals surface area contributed by atoms with Crippen molar-refractivity contribution in [2.45, 2.75) is 64.8 Å². The van der Waals surface area contributed by atoms with Crippen LogP contribution in [0.15, 0.2) is 48.7 Å². The maximum atomic E-state index is 15.5. The average molecular weight is 736 g/mol. The van der Waals surface area contributed by atoms with Gasteiger partial charge in [-0.1, -0.05) is 52.0 Å². The van der Waals surface area contributed by atoms with Crippen LogP contribution in [0, 0.1) is 17.7 Å². The summed E-state index contributed by atoms with van der Waals surface area (Å²) in [6.07, 6.45) is 0.457. The van der Waals surface area contributed by atoms with Crippen LogP contribution in [0.4, 0.5) is 24.5 Å². The topological polar surface area (TPSA) is 184 Å². The Labute approximate surface area is 306 Å². The number of carbonyl (C=O) groups excluding carboxylic acids is 5. The van der Waals surface area contributed by atoms with E-state index in [1.165, 1.54) is 25.2 Å². The number of hydrogen-bond acceptors (Lipinski definition) is 9. The third kappa shape index (κ3) is 8.87. The molecular weight excluding hydrogens is 689 g/mol. The van der Waals surface area contributed by atoms with E-state index < -0.39 is 48.2 Å². The zero-order valence-electron chi connectivity index (χ0n) is 30.6. The summed E-state index contributed by atoms with van der Waals surface area (Å²) >= 11 is 0. The Bertz CT molecular complexity index is 1810. The third-order valence-corrected chi connectivity index (χ3v) is 9.40. The number of nitrogens with zero attached hydrogens (tertiary/aromatic N) is 3. The summed E-state index contributed by atoms with van der Waals surface area (Å²) in [7, 11) is 2.46. The molecular formula is C37H46FN7O8. The highest BCUT2D eigenvalue weighted by atomic mass is 19.1. The summed E-state index contributed by atoms with van der Waals surface area (Å²) in [6, 6.07) is 9.88. The minimum Gasteiger partial charge on any atom is -0.453 e. The first-order valence-electron chi connectivity index (χ1n) is 17.5. The Balaban J connectivity index is 1.21. The monoisotopic (exact) mass is 735 g/mol. The van der Waals surface area contributed by atoms with Gasteiger partial charge in [-0.25, -0.2) is 23.8 Å². The molecule has 4 atom stereocenters. The molecule has 3 heterocycles. The Morgan fingerprint density at radius 2 is 1.60 bits per heavy atom. The summed E-state index contributed by atoms with van der Waals surface area (Å²) in [5, 5.41) is 7.84. The molecule has 2 aliphatic heterocycles. The predicted octanol–water partition coefficient (Wildman–Crippen LogP) is 4.75. The number of halogens is 1. The summed E-state index contributed by atoms with van der Waals surface area (Å²) in [6.45, 7) is 7.90. The lowest BCUT2D eigenvalue weighted by Gasteiger charge is -2.30. The Morgan fingerprint density at radius 1 is 0.962 bits per heavy atom. The Morgan fingerprint density at radius 3 is 2.23 bits per heavy atom. The molecule has 0 unspecified atom stereocenters. The number of cyclic esters (lactones) is 1. The number of amides is 5. The number of ether oxygens (including phenoxy) is 3. The molecule has 1 aromatic heterocycles. The Kier molecular flexibility index (Phi) is 12.2. The maximum absolute atomic E-state index is 15.5. The second-order valence-electron chi connectivity index (χ2n) is 13.7. The zero-order chi connectivity index (χ0) is 38.4. The molecule has 2 fully saturated rings. The Hall–Kier alpha value is -5.67. The molecule has 284 valence electrons. The molecule has 3 aromatic rings. The van der Waals surface area contributed by atoms with Crippen LogP contribution in [-0.2, 0) is 23.8 Å². The van der Waals surface area contributed by atoms with Gasteiger partial charge in [0, 0.05) is 12.1 Å². The van der Waals surface area contributed by atoms with E-state index in [1.54, 1.807) is 49.2 Å². The van der Waals surface area contributed by atoms with E-state index in [0.717, 1.165) is 24.1 Å². The quantitative estimate of drug-likeness (QED) is 0.191. The lowest BCUT2D eigenvalue weighted by molar-refractivity contribution is -0.135. The highest BCUT2D eigenvalue weighted by molar-refractivity contribution is 5.91. The van der Waals surface area contributed by atoms with E-state index >= 15 is 4.39 Å². The van der Waals surface area contributed by atoms with E-state index in [4.69, 9.17) is 9.47 Å². The summed E-state index contributed by atoms with van der Waals surface area (Å²) in [5.74, 6) is -0.912. The molecule has 15 nitrogen and oxygen atoms in total. The average Bonchev–Trinajstić information content (AvgIpc) is 3.91. The van der Waals surface area contributed by atoms with Crippen molar-refractivity contribution in [3.8, 4) is 22.4 Å². The largest absolute Gasteiger partial charge is 0.453 e. The van der Waals surface area contributed by atoms with Gasteiger partial charge in [-0.2, -0.15) is 0 Å². The minimum absolute atomic E-state index is 0.00203. The number of hydrogen-bond donors (Lipinski definition) is 4. The van der Waals surface area contributed by atoms with Gasteiger partial charge >= 0.3 is 18.3 Å². The van der Waals surface area contributed by atoms with Crippen molar-refractivity contribution in [3.05, 3.63) is 60.3 Å². The van der Waals surface area contributed by atoms with Gasteiger partial charge in [-0.3, -0.25) is 14.5 Å². The van der Waals surface area contributed by atoms with E-state index in [0.29, 0.717) is 29.2 Å². The van der Waals surface area contributed by atoms with Crippen molar-refractivity contribution in [1.29, 1.82) is 0 Å². The molecule has 5 amide bonds. The van der Waals surface area contributed by atoms with E-state index in [9.17, 15) is 24.0 Å². The molecule has 53 heavy (non-hydrogen) atoms. The number of rotatable bonds is 12. The van der Waals surface area contributed by atoms with Gasteiger partial charge in [-0.15, -0.1) is 0 Å². The first kappa shape index (κ1) is 38.6. The standard InChI is InChI=1S/C37H46FN7O8/c1-20(2)30(42-35(48)51-5)33(46)40-17-25-19-45(37(50)53-25)24-13-14-26(27(38)16-24)22-9-11-23(12-10-22)28-18-39-32(41-28)29-8-7-15-44(29)34(47)31(21(3)4)43-36(49)52-6/h9-14,16,18,20-21,25,29-31H,7-8,15,17,19H2,1-6H3,(H,39,41)(H,40,46)(H,42,48)(H,43,49)/t25-,29-,30-,31-/m0/s1. The first-order chi connectivity index (χ1) is 25.3. The molecule has 16 heteroatoms. The summed E-state index contributed by atoms with van der Waals surface area (Å²) < 4.78 is 30.2. The molecule has 2 aromatic carbocycles. The van der Waals surface area contributed by atoms with Crippen LogP contribution in [-0.4, -0.2) is 97.0 Å². The highest BCUT2D eigenvalue weighted by Crippen LogP contribution is 2.34. The molecule has 4 N–H and O–H groups in total. The summed E-state index contributed by atoms with van der Waals surface area (Å²) in [5.41, 5.74) is 2.80. The number of nitrogens with one attached hydrogen (secondary N) is 4. The number of imidazole rings is 1. The molecule has 0 radical (unpaired) electrons. The van der Waals surface area contributed by atoms with Crippen LogP contribution < -0.4 is 20.9 Å². The maximum Gasteiger partial charge on any atom is 0.414 e. The van der Waals surface area contributed by atoms with Crippen molar-refractivity contribution in [2.24, 2.45) is 11.8 Å². The molecule has 2 aliphatic rings. The van der Waals surface area contributed by atoms with Crippen LogP contribution in [0.3, 0.4) is 0 Å². The predicted molar refractivity (Wildman–Crippen MR) is 192 cm³/mol. The molecule has 0 spiro atoms. The van der Waals surface area contributed by atoms with Crippen LogP contribution in [0.2, 0.25) is 0 Å². The lowest BCUT2D eigenvalue weighted by atomic mass is 10.0. The number of methoxy groups -OCH3 is 2. The highest BCUT2D eigenvalue weighted by Gasteiger charge is 2.38. The third-order valence-electron chi connectivity index (χ3n) is 9.40. The smallest absolute Gasteiger partial charge is 0.414 e. The van der Waals surface area contributed by atoms with E-state index in [2.05, 4.69) is 30.7 Å². The minimum atomic E-state index is -0.842. The van der Waals surface area contributed by atoms with Crippen LogP contribution in [0.25, 0.3) is 22.4 Å². The van der Waals surface area contributed by atoms with Gasteiger partial charge in [0.1, 0.15) is 29.8 Å². The fourth-order valence-corrected chi connectivity index (χ4v) is 6.46. The number of alkyl carbamates (subject to hydrolysis) is 2. The van der Waals surface area contributed by atoms with Crippen molar-refractivity contribution in [2.75, 3.05) is 38.8 Å². The molecule has 5 rings (SSSR count). The number of aromatic nitrogens is 2. The number of carbonyl (C=O) groups is 5. The van der Waals surface area contributed by atoms with Crippen molar-refractivity contribution < 1.29 is 42.6 Å². The fourth-order valence-electron chi connectivity index (χ4n) is 6.46. The molecule has 0 aliphatic carbocycles. The fraction of sp³-hybridized carbons (Fsp3) is 0.459. The first-order valence-corrected chi connectivity index (χ1v) is 17.5. The summed E-state index contributed by atoms with van der Waals surface area (Å²) in [4.78, 5) is 73.4. The van der Waals surface area contributed by atoms with Crippen LogP contribution >= 0.6 is 0 Å². The van der Waals surface area contributed by atoms with Gasteiger partial charge < -0.3 is 40.0 Å². The SMILES string of the molecule is COC(=O)N[C@H](C(=O)NC[C@H]1CN(c2ccc(-c3ccc(-c4cnc([C@@H]5CCCN5C(=O)[C@@H](NC(=O)OC)C(C)C)[nH]4)cc3)c(F)c2)C(=O)O1)C(C)C. The number of benzene rings is 2. The number of aromatic amines is 1. The lowest BCUT2D eigenvalue weighted by Crippen LogP contribution is -2.51. The number of anilines is 1. The van der Waals surface area contributed by atoms with E-state index in [1.807, 2.05) is 26.0 Å². The van der Waals surface area contributed by atoms with Gasteiger partial charge in [0.15, 0.2) is 0 Å². The van der Waals surface area contributed by atoms with Gasteiger partial charge in [0.25, 0.3) is 0 Å². The van der Waals surface area contributed by atoms with Crippen molar-refractivity contribution in [1.82, 2.24) is 30.8 Å². The number of likely N-dealkylation sites (tertiary alicyclic amines) is 1. The van der Waals surface area contributed by atoms with Gasteiger partial charge in [0.05, 0.1) is 50.9 Å². The number of H-pyrrole nitrogens is 1. The van der Waals surface area contributed by atoms with Gasteiger partial charge in [0.2, 0.25) is 11.8 Å². The molecule has 0 saturated carbocycles. The molecule has 0 bridgehead atoms. The van der Waals surface area contributed by atoms with Crippen molar-refractivity contribution in [3.63, 3.8) is 0 Å². The molecule has 2 saturated heterocycles. The zero-order valence-corrected chi connectivity index (χ0v) is 30.6. The van der Waals surface area contributed by atoms with E-state index in [-0.39, 0.29) is 36.9 Å². The van der Waals surface area contributed by atoms with Crippen LogP contribution in [0.5, 0.6) is 0 Å².